The van der Waals surface area contributed by atoms with Crippen molar-refractivity contribution >= 4 is 29.0 Å². The first-order valence-corrected chi connectivity index (χ1v) is 4.11. The van der Waals surface area contributed by atoms with Crippen LogP contribution in [0.4, 0.5) is 8.78 Å². The predicted octanol–water partition coefficient (Wildman–Crippen LogP) is 2.95. The molecular weight excluding hydrogens is 221 g/mol. The summed E-state index contributed by atoms with van der Waals surface area (Å²) in [5.41, 5.74) is 0.114. The third-order valence-corrected chi connectivity index (χ3v) is 2.19. The highest BCUT2D eigenvalue weighted by molar-refractivity contribution is 6.32. The average Bonchev–Trinajstić information content (AvgIpc) is 2.32. The Kier molecular flexibility index (Phi) is 1.96. The van der Waals surface area contributed by atoms with Gasteiger partial charge in [-0.15, -0.1) is 0 Å². The molecule has 2 rings (SSSR count). The average molecular weight is 223 g/mol. The van der Waals surface area contributed by atoms with E-state index in [4.69, 9.17) is 23.2 Å². The van der Waals surface area contributed by atoms with Crippen LogP contribution in [0.1, 0.15) is 11.3 Å². The SMILES string of the molecule is FC1=C(F)c2nc(Cl)nc(Cl)c2C1. The maximum Gasteiger partial charge on any atom is 0.224 e. The number of halogens is 4. The lowest BCUT2D eigenvalue weighted by atomic mass is 10.2. The number of fused-ring (bicyclic) bond motifs is 1. The van der Waals surface area contributed by atoms with Crippen LogP contribution in [0.3, 0.4) is 0 Å². The summed E-state index contributed by atoms with van der Waals surface area (Å²) in [4.78, 5) is 7.12. The van der Waals surface area contributed by atoms with E-state index in [-0.39, 0.29) is 28.1 Å². The number of hydrogen-bond acceptors (Lipinski definition) is 2. The molecule has 1 aliphatic rings. The molecule has 0 aromatic carbocycles. The van der Waals surface area contributed by atoms with Crippen molar-refractivity contribution in [2.45, 2.75) is 6.42 Å². The van der Waals surface area contributed by atoms with Crippen molar-refractivity contribution in [3.63, 3.8) is 0 Å². The smallest absolute Gasteiger partial charge is 0.215 e. The largest absolute Gasteiger partial charge is 0.224 e. The second-order valence-corrected chi connectivity index (χ2v) is 3.20. The molecule has 0 atom stereocenters. The summed E-state index contributed by atoms with van der Waals surface area (Å²) in [5, 5.41) is -0.189. The second kappa shape index (κ2) is 2.89. The van der Waals surface area contributed by atoms with Gasteiger partial charge >= 0.3 is 0 Å². The van der Waals surface area contributed by atoms with E-state index in [1.165, 1.54) is 0 Å². The maximum absolute atomic E-state index is 13.0. The summed E-state index contributed by atoms with van der Waals surface area (Å²) in [5.74, 6) is -1.88. The third kappa shape index (κ3) is 1.30. The van der Waals surface area contributed by atoms with Gasteiger partial charge in [-0.1, -0.05) is 11.6 Å². The van der Waals surface area contributed by atoms with Gasteiger partial charge in [0.25, 0.3) is 0 Å². The topological polar surface area (TPSA) is 25.8 Å². The molecule has 1 aliphatic carbocycles. The monoisotopic (exact) mass is 222 g/mol. The second-order valence-electron chi connectivity index (χ2n) is 2.51. The van der Waals surface area contributed by atoms with Crippen LogP contribution in [0, 0.1) is 0 Å². The van der Waals surface area contributed by atoms with E-state index in [1.807, 2.05) is 0 Å². The van der Waals surface area contributed by atoms with Crippen LogP contribution in [0.2, 0.25) is 10.4 Å². The fourth-order valence-electron chi connectivity index (χ4n) is 1.13. The van der Waals surface area contributed by atoms with E-state index in [0.29, 0.717) is 0 Å². The molecule has 0 fully saturated rings. The van der Waals surface area contributed by atoms with Gasteiger partial charge in [-0.25, -0.2) is 18.7 Å². The van der Waals surface area contributed by atoms with Gasteiger partial charge in [0.2, 0.25) is 5.28 Å². The predicted molar refractivity (Wildman–Crippen MR) is 44.9 cm³/mol. The Morgan fingerprint density at radius 1 is 1.15 bits per heavy atom. The van der Waals surface area contributed by atoms with Gasteiger partial charge in [-0.2, -0.15) is 0 Å². The number of rotatable bonds is 0. The van der Waals surface area contributed by atoms with Gasteiger partial charge in [0, 0.05) is 12.0 Å². The number of allylic oxidation sites excluding steroid dienone is 1. The van der Waals surface area contributed by atoms with Crippen LogP contribution in [0.15, 0.2) is 5.83 Å². The maximum atomic E-state index is 13.0. The zero-order chi connectivity index (χ0) is 9.59. The minimum Gasteiger partial charge on any atom is -0.215 e. The van der Waals surface area contributed by atoms with Gasteiger partial charge in [-0.3, -0.25) is 0 Å². The van der Waals surface area contributed by atoms with E-state index in [2.05, 4.69) is 9.97 Å². The van der Waals surface area contributed by atoms with Crippen molar-refractivity contribution in [3.8, 4) is 0 Å². The molecular formula is C7H2Cl2F2N2. The molecule has 6 heteroatoms. The van der Waals surface area contributed by atoms with Gasteiger partial charge in [-0.05, 0) is 11.6 Å². The van der Waals surface area contributed by atoms with Crippen molar-refractivity contribution in [2.24, 2.45) is 0 Å². The highest BCUT2D eigenvalue weighted by Crippen LogP contribution is 2.36. The lowest BCUT2D eigenvalue weighted by Crippen LogP contribution is -1.94. The van der Waals surface area contributed by atoms with E-state index >= 15 is 0 Å². The fourth-order valence-corrected chi connectivity index (χ4v) is 1.58. The molecule has 0 bridgehead atoms. The van der Waals surface area contributed by atoms with Crippen LogP contribution >= 0.6 is 23.2 Å². The van der Waals surface area contributed by atoms with Gasteiger partial charge in [0.15, 0.2) is 5.83 Å². The molecule has 0 aliphatic heterocycles. The molecule has 13 heavy (non-hydrogen) atoms. The number of nitrogens with zero attached hydrogens (tertiary/aromatic N) is 2. The lowest BCUT2D eigenvalue weighted by Gasteiger charge is -1.99. The highest BCUT2D eigenvalue weighted by atomic mass is 35.5. The quantitative estimate of drug-likeness (QED) is 0.499. The Hall–Kier alpha value is -0.740. The standard InChI is InChI=1S/C7H2Cl2F2N2/c8-6-2-1-3(10)4(11)5(2)12-7(9)13-6/h1H2. The molecule has 0 saturated carbocycles. The van der Waals surface area contributed by atoms with Crippen molar-refractivity contribution < 1.29 is 8.78 Å². The van der Waals surface area contributed by atoms with Gasteiger partial charge in [0.1, 0.15) is 16.7 Å². The van der Waals surface area contributed by atoms with Gasteiger partial charge in [0.05, 0.1) is 0 Å². The lowest BCUT2D eigenvalue weighted by molar-refractivity contribution is 0.595. The summed E-state index contributed by atoms with van der Waals surface area (Å²) >= 11 is 11.0. The number of hydrogen-bond donors (Lipinski definition) is 0. The highest BCUT2D eigenvalue weighted by Gasteiger charge is 2.27. The molecule has 1 heterocycles. The molecule has 68 valence electrons. The number of aromatic nitrogens is 2. The van der Waals surface area contributed by atoms with E-state index < -0.39 is 11.7 Å². The molecule has 2 nitrogen and oxygen atoms in total. The van der Waals surface area contributed by atoms with Crippen molar-refractivity contribution in [1.82, 2.24) is 9.97 Å². The minimum absolute atomic E-state index is 0.00204. The molecule has 1 aromatic heterocycles. The van der Waals surface area contributed by atoms with E-state index in [0.717, 1.165) is 0 Å². The van der Waals surface area contributed by atoms with Crippen molar-refractivity contribution in [2.75, 3.05) is 0 Å². The zero-order valence-electron chi connectivity index (χ0n) is 6.11. The van der Waals surface area contributed by atoms with Crippen LogP contribution in [-0.2, 0) is 6.42 Å². The van der Waals surface area contributed by atoms with E-state index in [9.17, 15) is 8.78 Å². The molecule has 0 amide bonds. The minimum atomic E-state index is -0.999. The van der Waals surface area contributed by atoms with Crippen molar-refractivity contribution in [3.05, 3.63) is 27.5 Å². The summed E-state index contributed by atoms with van der Waals surface area (Å²) in [6.07, 6.45) is -0.197. The van der Waals surface area contributed by atoms with Crippen LogP contribution in [0.25, 0.3) is 5.83 Å². The Balaban J connectivity index is 2.67. The molecule has 0 unspecified atom stereocenters. The van der Waals surface area contributed by atoms with Crippen LogP contribution in [0.5, 0.6) is 0 Å². The molecule has 0 N–H and O–H groups in total. The first-order chi connectivity index (χ1) is 6.09. The van der Waals surface area contributed by atoms with Crippen molar-refractivity contribution in [1.29, 1.82) is 0 Å². The Morgan fingerprint density at radius 3 is 2.54 bits per heavy atom. The van der Waals surface area contributed by atoms with Crippen LogP contribution < -0.4 is 0 Å². The molecule has 1 aromatic rings. The Labute approximate surface area is 82.2 Å². The normalized spacial score (nSPS) is 15.1. The first-order valence-electron chi connectivity index (χ1n) is 3.36. The van der Waals surface area contributed by atoms with E-state index in [1.54, 1.807) is 0 Å². The molecule has 0 radical (unpaired) electrons. The van der Waals surface area contributed by atoms with Gasteiger partial charge < -0.3 is 0 Å². The first kappa shape index (κ1) is 8.84. The molecule has 0 saturated heterocycles. The Bertz CT molecular complexity index is 417. The summed E-state index contributed by atoms with van der Waals surface area (Å²) in [7, 11) is 0. The Morgan fingerprint density at radius 2 is 1.85 bits per heavy atom. The third-order valence-electron chi connectivity index (χ3n) is 1.71. The summed E-state index contributed by atoms with van der Waals surface area (Å²) < 4.78 is 25.7. The molecule has 0 spiro atoms. The summed E-state index contributed by atoms with van der Waals surface area (Å²) in [6.45, 7) is 0. The fraction of sp³-hybridized carbons (Fsp3) is 0.143. The summed E-state index contributed by atoms with van der Waals surface area (Å²) in [6, 6.07) is 0. The zero-order valence-corrected chi connectivity index (χ0v) is 7.63. The van der Waals surface area contributed by atoms with Crippen LogP contribution in [-0.4, -0.2) is 9.97 Å².